The minimum Gasteiger partial charge on any atom is -0.476 e. The highest BCUT2D eigenvalue weighted by molar-refractivity contribution is 7.99. The van der Waals surface area contributed by atoms with Crippen molar-refractivity contribution in [3.63, 3.8) is 0 Å². The van der Waals surface area contributed by atoms with E-state index in [9.17, 15) is 44.7 Å². The molecule has 1 aromatic heterocycles. The van der Waals surface area contributed by atoms with E-state index < -0.39 is 58.8 Å². The van der Waals surface area contributed by atoms with Gasteiger partial charge in [0.05, 0.1) is 17.2 Å². The number of hydrogen-bond acceptors (Lipinski definition) is 16. The number of allylic oxidation sites excluding steroid dienone is 1. The third-order valence-electron chi connectivity index (χ3n) is 15.4. The number of hydrogen-bond donors (Lipinski definition) is 3. The van der Waals surface area contributed by atoms with Gasteiger partial charge in [0.15, 0.2) is 11.5 Å². The molecule has 81 heavy (non-hydrogen) atoms. The summed E-state index contributed by atoms with van der Waals surface area (Å²) < 4.78 is 104. The van der Waals surface area contributed by atoms with E-state index >= 15 is 0 Å². The van der Waals surface area contributed by atoms with Crippen LogP contribution in [0.2, 0.25) is 5.02 Å². The number of benzene rings is 4. The number of aromatic nitrogens is 2. The first-order valence-electron chi connectivity index (χ1n) is 27.1. The number of halogens is 4. The van der Waals surface area contributed by atoms with Crippen molar-refractivity contribution in [2.24, 2.45) is 5.41 Å². The first-order valence-corrected chi connectivity index (χ1v) is 31.4. The lowest BCUT2D eigenvalue weighted by molar-refractivity contribution is -0.0436. The standard InChI is InChI=1S/C57H67ClF3N9O8S3/c1-56(40-68-27-31-70(32-28-68)53-19-18-51(55(72)73)63-64-53)22-20-49(41-8-12-44(58)13-9-41)43(37-56)38-67-25-29-69(30-26-67)46-14-10-42(11-15-46)54(71)65-81(76,77)48-16-17-50(52(36-48)80(74,75)57(59,60)61)62-45(39-79-47-6-3-2-4-7-47)21-24-66-23-5-34-78-35-33-66/h2-4,6-19,36,45,62H,5,20-35,37-40H2,1H3,(H,65,71)(H,72,73)/t45-,56-/m1/s1. The molecule has 0 spiro atoms. The quantitative estimate of drug-likeness (QED) is 0.0626. The molecular formula is C57H67ClF3N9O8S3. The third-order valence-corrected chi connectivity index (χ3v) is 19.7. The smallest absolute Gasteiger partial charge is 0.476 e. The number of alkyl halides is 3. The van der Waals surface area contributed by atoms with E-state index in [0.717, 1.165) is 107 Å². The minimum atomic E-state index is -6.09. The fourth-order valence-electron chi connectivity index (χ4n) is 11.0. The molecule has 434 valence electrons. The van der Waals surface area contributed by atoms with Gasteiger partial charge in [-0.1, -0.05) is 54.4 Å². The Morgan fingerprint density at radius 3 is 2.19 bits per heavy atom. The number of carboxylic acid groups (broad SMARTS) is 1. The largest absolute Gasteiger partial charge is 0.501 e. The molecule has 0 radical (unpaired) electrons. The van der Waals surface area contributed by atoms with Crippen molar-refractivity contribution in [1.29, 1.82) is 0 Å². The van der Waals surface area contributed by atoms with E-state index in [4.69, 9.17) is 16.3 Å². The van der Waals surface area contributed by atoms with Gasteiger partial charge in [0.25, 0.3) is 25.8 Å². The summed E-state index contributed by atoms with van der Waals surface area (Å²) in [6.45, 7) is 13.3. The van der Waals surface area contributed by atoms with Crippen LogP contribution in [0, 0.1) is 5.41 Å². The molecule has 3 saturated heterocycles. The van der Waals surface area contributed by atoms with E-state index in [0.29, 0.717) is 68.5 Å². The summed E-state index contributed by atoms with van der Waals surface area (Å²) in [5.41, 5.74) is -1.53. The van der Waals surface area contributed by atoms with Gasteiger partial charge in [0.1, 0.15) is 4.90 Å². The van der Waals surface area contributed by atoms with Gasteiger partial charge in [0, 0.05) is 125 Å². The molecule has 4 aromatic carbocycles. The van der Waals surface area contributed by atoms with E-state index in [-0.39, 0.29) is 16.7 Å². The number of rotatable bonds is 20. The molecule has 3 fully saturated rings. The Morgan fingerprint density at radius 2 is 1.51 bits per heavy atom. The number of carbonyl (C=O) groups excluding carboxylic acids is 1. The van der Waals surface area contributed by atoms with Crippen LogP contribution in [-0.2, 0) is 24.6 Å². The number of carboxylic acids is 1. The van der Waals surface area contributed by atoms with Gasteiger partial charge in [-0.05, 0) is 128 Å². The number of carbonyl (C=O) groups is 2. The summed E-state index contributed by atoms with van der Waals surface area (Å²) in [6, 6.07) is 28.9. The summed E-state index contributed by atoms with van der Waals surface area (Å²) in [4.78, 5) is 35.1. The van der Waals surface area contributed by atoms with Gasteiger partial charge in [0.2, 0.25) is 0 Å². The van der Waals surface area contributed by atoms with Crippen LogP contribution in [-0.4, -0.2) is 174 Å². The molecule has 4 aliphatic rings. The second-order valence-electron chi connectivity index (χ2n) is 21.3. The monoisotopic (exact) mass is 1190 g/mol. The third kappa shape index (κ3) is 15.5. The number of ether oxygens (including phenoxy) is 1. The number of amides is 1. The van der Waals surface area contributed by atoms with Gasteiger partial charge in [-0.25, -0.2) is 26.4 Å². The fourth-order valence-corrected chi connectivity index (χ4v) is 14.1. The molecule has 0 unspecified atom stereocenters. The van der Waals surface area contributed by atoms with Crippen LogP contribution < -0.4 is 19.8 Å². The number of sulfone groups is 1. The average molecular weight is 1190 g/mol. The number of aromatic carboxylic acids is 1. The molecule has 3 N–H and O–H groups in total. The van der Waals surface area contributed by atoms with Gasteiger partial charge in [-0.3, -0.25) is 14.6 Å². The molecule has 2 atom stereocenters. The Labute approximate surface area is 480 Å². The second kappa shape index (κ2) is 26.2. The Balaban J connectivity index is 0.827. The average Bonchev–Trinajstić information content (AvgIpc) is 3.84. The summed E-state index contributed by atoms with van der Waals surface area (Å²) in [5.74, 6) is -1.13. The van der Waals surface area contributed by atoms with Gasteiger partial charge in [-0.2, -0.15) is 13.2 Å². The van der Waals surface area contributed by atoms with Crippen LogP contribution in [0.3, 0.4) is 0 Å². The van der Waals surface area contributed by atoms with E-state index in [2.05, 4.69) is 59.1 Å². The molecule has 0 saturated carbocycles. The molecule has 9 rings (SSSR count). The molecule has 1 aliphatic carbocycles. The Morgan fingerprint density at radius 1 is 0.802 bits per heavy atom. The molecule has 24 heteroatoms. The van der Waals surface area contributed by atoms with E-state index in [1.807, 2.05) is 47.2 Å². The number of nitrogens with zero attached hydrogens (tertiary/aromatic N) is 7. The maximum absolute atomic E-state index is 14.3. The first kappa shape index (κ1) is 59.8. The van der Waals surface area contributed by atoms with Gasteiger partial charge < -0.3 is 29.9 Å². The van der Waals surface area contributed by atoms with E-state index in [1.54, 1.807) is 18.2 Å². The van der Waals surface area contributed by atoms with Crippen molar-refractivity contribution in [2.45, 2.75) is 65.3 Å². The van der Waals surface area contributed by atoms with Crippen molar-refractivity contribution >= 4 is 77.9 Å². The minimum absolute atomic E-state index is 0.0254. The number of anilines is 3. The molecule has 17 nitrogen and oxygen atoms in total. The topological polar surface area (TPSA) is 198 Å². The summed E-state index contributed by atoms with van der Waals surface area (Å²) in [6.07, 6.45) is 4.12. The van der Waals surface area contributed by atoms with Crippen LogP contribution in [0.15, 0.2) is 129 Å². The number of sulfonamides is 1. The van der Waals surface area contributed by atoms with Gasteiger partial charge >= 0.3 is 11.5 Å². The Hall–Kier alpha value is -5.79. The highest BCUT2D eigenvalue weighted by Crippen LogP contribution is 2.44. The molecule has 4 heterocycles. The normalized spacial score (nSPS) is 19.7. The zero-order valence-electron chi connectivity index (χ0n) is 45.0. The van der Waals surface area contributed by atoms with Crippen LogP contribution in [0.5, 0.6) is 0 Å². The van der Waals surface area contributed by atoms with Crippen LogP contribution in [0.4, 0.5) is 30.4 Å². The molecule has 5 aromatic rings. The SMILES string of the molecule is C[C@@]1(CN2CCN(c3ccc(C(=O)O)nn3)CC2)CCC(c2ccc(Cl)cc2)=C(CN2CCN(c3ccc(C(=O)NS(=O)(=O)c4ccc(N[C@H](CCN5CCCOCC5)CSc5ccccc5)c(S(=O)(=O)C(F)(F)F)c4)cc3)CC2)C1. The molecular weight excluding hydrogens is 1130 g/mol. The lowest BCUT2D eigenvalue weighted by atomic mass is 9.71. The zero-order valence-corrected chi connectivity index (χ0v) is 48.2. The molecule has 1 amide bonds. The van der Waals surface area contributed by atoms with Crippen molar-refractivity contribution in [3.8, 4) is 0 Å². The summed E-state index contributed by atoms with van der Waals surface area (Å²) in [5, 5.41) is 20.9. The predicted octanol–water partition coefficient (Wildman–Crippen LogP) is 8.51. The zero-order chi connectivity index (χ0) is 57.4. The molecule has 3 aliphatic heterocycles. The van der Waals surface area contributed by atoms with Crippen LogP contribution >= 0.6 is 23.4 Å². The van der Waals surface area contributed by atoms with Crippen LogP contribution in [0.1, 0.15) is 65.4 Å². The predicted molar refractivity (Wildman–Crippen MR) is 308 cm³/mol. The maximum atomic E-state index is 14.3. The molecule has 0 bridgehead atoms. The highest BCUT2D eigenvalue weighted by Gasteiger charge is 2.48. The number of piperazine rings is 2. The van der Waals surface area contributed by atoms with Crippen molar-refractivity contribution in [3.05, 3.63) is 137 Å². The number of thioether (sulfide) groups is 1. The highest BCUT2D eigenvalue weighted by atomic mass is 35.5. The summed E-state index contributed by atoms with van der Waals surface area (Å²) in [7, 11) is -11.0. The van der Waals surface area contributed by atoms with Crippen molar-refractivity contribution < 1.29 is 49.4 Å². The van der Waals surface area contributed by atoms with Crippen molar-refractivity contribution in [2.75, 3.05) is 119 Å². The second-order valence-corrected chi connectivity index (χ2v) is 26.5. The number of nitrogens with one attached hydrogen (secondary N) is 2. The van der Waals surface area contributed by atoms with Crippen LogP contribution in [0.25, 0.3) is 5.57 Å². The summed E-state index contributed by atoms with van der Waals surface area (Å²) >= 11 is 7.77. The Kier molecular flexibility index (Phi) is 19.3. The maximum Gasteiger partial charge on any atom is 0.501 e. The van der Waals surface area contributed by atoms with Crippen molar-refractivity contribution in [1.82, 2.24) is 29.6 Å². The van der Waals surface area contributed by atoms with Gasteiger partial charge in [-0.15, -0.1) is 22.0 Å². The first-order chi connectivity index (χ1) is 38.7. The lowest BCUT2D eigenvalue weighted by Gasteiger charge is -2.44. The fraction of sp³-hybridized carbons (Fsp3) is 0.439. The van der Waals surface area contributed by atoms with E-state index in [1.165, 1.54) is 46.7 Å². The Bertz CT molecular complexity index is 3230. The lowest BCUT2D eigenvalue weighted by Crippen LogP contribution is -2.50.